The first-order valence-electron chi connectivity index (χ1n) is 7.66. The predicted molar refractivity (Wildman–Crippen MR) is 88.3 cm³/mol. The third-order valence-corrected chi connectivity index (χ3v) is 5.25. The summed E-state index contributed by atoms with van der Waals surface area (Å²) < 4.78 is 0.876. The number of halogens is 1. The van der Waals surface area contributed by atoms with Gasteiger partial charge in [-0.25, -0.2) is 0 Å². The average Bonchev–Trinajstić information content (AvgIpc) is 3.14. The number of anilines is 1. The highest BCUT2D eigenvalue weighted by Crippen LogP contribution is 2.32. The van der Waals surface area contributed by atoms with Crippen molar-refractivity contribution in [2.75, 3.05) is 31.1 Å². The lowest BCUT2D eigenvalue weighted by Gasteiger charge is -2.21. The number of hydrogen-bond acceptors (Lipinski definition) is 3. The molecule has 1 aromatic carbocycles. The van der Waals surface area contributed by atoms with Gasteiger partial charge in [0.05, 0.1) is 5.69 Å². The van der Waals surface area contributed by atoms with Crippen LogP contribution in [0.4, 0.5) is 5.69 Å². The Hall–Kier alpha value is -1.40. The maximum atomic E-state index is 12.6. The molecule has 2 heterocycles. The molecular formula is C16H20BrN3O2. The van der Waals surface area contributed by atoms with E-state index in [1.807, 2.05) is 29.2 Å². The zero-order valence-corrected chi connectivity index (χ0v) is 14.0. The summed E-state index contributed by atoms with van der Waals surface area (Å²) in [5.74, 6) is -0.285. The summed E-state index contributed by atoms with van der Waals surface area (Å²) in [4.78, 5) is 28.8. The molecule has 2 unspecified atom stereocenters. The average molecular weight is 366 g/mol. The van der Waals surface area contributed by atoms with Crippen molar-refractivity contribution in [3.8, 4) is 0 Å². The molecule has 0 spiro atoms. The SMILES string of the molecule is NCC1CCN(C(=O)C2CCN(c3ccccc3Br)C2=O)C1. The lowest BCUT2D eigenvalue weighted by atomic mass is 10.1. The minimum Gasteiger partial charge on any atom is -0.342 e. The molecule has 0 saturated carbocycles. The Morgan fingerprint density at radius 1 is 1.27 bits per heavy atom. The largest absolute Gasteiger partial charge is 0.342 e. The van der Waals surface area contributed by atoms with E-state index in [1.165, 1.54) is 0 Å². The summed E-state index contributed by atoms with van der Waals surface area (Å²) >= 11 is 3.47. The highest BCUT2D eigenvalue weighted by Gasteiger charge is 2.41. The number of rotatable bonds is 3. The molecule has 1 aromatic rings. The van der Waals surface area contributed by atoms with Gasteiger partial charge in [-0.2, -0.15) is 0 Å². The summed E-state index contributed by atoms with van der Waals surface area (Å²) in [6.07, 6.45) is 1.53. The van der Waals surface area contributed by atoms with Crippen LogP contribution >= 0.6 is 15.9 Å². The molecule has 0 bridgehead atoms. The van der Waals surface area contributed by atoms with Crippen molar-refractivity contribution >= 4 is 33.4 Å². The second-order valence-electron chi connectivity index (χ2n) is 5.96. The number of benzene rings is 1. The van der Waals surface area contributed by atoms with Crippen LogP contribution in [-0.4, -0.2) is 42.9 Å². The number of para-hydroxylation sites is 1. The van der Waals surface area contributed by atoms with Crippen LogP contribution < -0.4 is 10.6 Å². The summed E-state index contributed by atoms with van der Waals surface area (Å²) in [5, 5.41) is 0. The maximum Gasteiger partial charge on any atom is 0.239 e. The number of likely N-dealkylation sites (tertiary alicyclic amines) is 1. The molecule has 0 aliphatic carbocycles. The molecule has 2 N–H and O–H groups in total. The summed E-state index contributed by atoms with van der Waals surface area (Å²) in [5.41, 5.74) is 6.51. The van der Waals surface area contributed by atoms with E-state index in [9.17, 15) is 9.59 Å². The summed E-state index contributed by atoms with van der Waals surface area (Å²) in [6, 6.07) is 7.61. The third-order valence-electron chi connectivity index (χ3n) is 4.58. The van der Waals surface area contributed by atoms with Gasteiger partial charge in [0.2, 0.25) is 11.8 Å². The van der Waals surface area contributed by atoms with Gasteiger partial charge in [-0.3, -0.25) is 9.59 Å². The molecule has 2 aliphatic rings. The predicted octanol–water partition coefficient (Wildman–Crippen LogP) is 1.61. The van der Waals surface area contributed by atoms with Gasteiger partial charge in [0.1, 0.15) is 5.92 Å². The molecule has 3 rings (SSSR count). The minimum absolute atomic E-state index is 0.0319. The molecule has 118 valence electrons. The molecule has 22 heavy (non-hydrogen) atoms. The van der Waals surface area contributed by atoms with Crippen molar-refractivity contribution in [1.82, 2.24) is 4.90 Å². The van der Waals surface area contributed by atoms with Gasteiger partial charge in [0.25, 0.3) is 0 Å². The number of nitrogens with two attached hydrogens (primary N) is 1. The molecule has 2 amide bonds. The number of carbonyl (C=O) groups is 2. The van der Waals surface area contributed by atoms with Crippen LogP contribution in [0.3, 0.4) is 0 Å². The van der Waals surface area contributed by atoms with Gasteiger partial charge in [-0.05, 0) is 53.4 Å². The molecule has 2 atom stereocenters. The number of amides is 2. The van der Waals surface area contributed by atoms with Crippen molar-refractivity contribution in [1.29, 1.82) is 0 Å². The fraction of sp³-hybridized carbons (Fsp3) is 0.500. The van der Waals surface area contributed by atoms with Crippen LogP contribution in [0.2, 0.25) is 0 Å². The Morgan fingerprint density at radius 2 is 2.05 bits per heavy atom. The van der Waals surface area contributed by atoms with Gasteiger partial charge in [0, 0.05) is 24.1 Å². The summed E-state index contributed by atoms with van der Waals surface area (Å²) in [6.45, 7) is 2.60. The Bertz CT molecular complexity index is 593. The highest BCUT2D eigenvalue weighted by molar-refractivity contribution is 9.10. The summed E-state index contributed by atoms with van der Waals surface area (Å²) in [7, 11) is 0. The topological polar surface area (TPSA) is 66.6 Å². The van der Waals surface area contributed by atoms with E-state index >= 15 is 0 Å². The van der Waals surface area contributed by atoms with Gasteiger partial charge in [0.15, 0.2) is 0 Å². The fourth-order valence-corrected chi connectivity index (χ4v) is 3.76. The Morgan fingerprint density at radius 3 is 2.73 bits per heavy atom. The first-order valence-corrected chi connectivity index (χ1v) is 8.46. The minimum atomic E-state index is -0.538. The number of carbonyl (C=O) groups excluding carboxylic acids is 2. The van der Waals surface area contributed by atoms with Crippen LogP contribution in [-0.2, 0) is 9.59 Å². The van der Waals surface area contributed by atoms with E-state index in [-0.39, 0.29) is 11.8 Å². The lowest BCUT2D eigenvalue weighted by molar-refractivity contribution is -0.139. The van der Waals surface area contributed by atoms with E-state index in [0.717, 1.165) is 23.1 Å². The standard InChI is InChI=1S/C16H20BrN3O2/c17-13-3-1-2-4-14(13)20-8-6-12(16(20)22)15(21)19-7-5-11(9-18)10-19/h1-4,11-12H,5-10,18H2. The van der Waals surface area contributed by atoms with Gasteiger partial charge in [-0.1, -0.05) is 12.1 Å². The van der Waals surface area contributed by atoms with Crippen molar-refractivity contribution in [3.05, 3.63) is 28.7 Å². The normalized spacial score (nSPS) is 25.1. The molecule has 2 aliphatic heterocycles. The highest BCUT2D eigenvalue weighted by atomic mass is 79.9. The van der Waals surface area contributed by atoms with E-state index in [0.29, 0.717) is 32.0 Å². The van der Waals surface area contributed by atoms with Crippen molar-refractivity contribution in [2.45, 2.75) is 12.8 Å². The second-order valence-corrected chi connectivity index (χ2v) is 6.81. The van der Waals surface area contributed by atoms with Crippen molar-refractivity contribution < 1.29 is 9.59 Å². The van der Waals surface area contributed by atoms with E-state index in [4.69, 9.17) is 5.73 Å². The zero-order valence-electron chi connectivity index (χ0n) is 12.4. The third kappa shape index (κ3) is 2.77. The maximum absolute atomic E-state index is 12.6. The molecule has 2 fully saturated rings. The van der Waals surface area contributed by atoms with Crippen molar-refractivity contribution in [3.63, 3.8) is 0 Å². The quantitative estimate of drug-likeness (QED) is 0.827. The fourth-order valence-electron chi connectivity index (χ4n) is 3.26. The molecule has 0 radical (unpaired) electrons. The molecule has 6 heteroatoms. The van der Waals surface area contributed by atoms with Crippen LogP contribution in [0.5, 0.6) is 0 Å². The number of hydrogen-bond donors (Lipinski definition) is 1. The van der Waals surface area contributed by atoms with Gasteiger partial charge >= 0.3 is 0 Å². The monoisotopic (exact) mass is 365 g/mol. The van der Waals surface area contributed by atoms with Crippen LogP contribution in [0, 0.1) is 11.8 Å². The first-order chi connectivity index (χ1) is 10.6. The lowest BCUT2D eigenvalue weighted by Crippen LogP contribution is -2.39. The molecular weight excluding hydrogens is 346 g/mol. The smallest absolute Gasteiger partial charge is 0.239 e. The Kier molecular flexibility index (Phi) is 4.49. The van der Waals surface area contributed by atoms with Crippen LogP contribution in [0.25, 0.3) is 0 Å². The zero-order chi connectivity index (χ0) is 15.7. The molecule has 2 saturated heterocycles. The Balaban J connectivity index is 1.71. The molecule has 0 aromatic heterocycles. The van der Waals surface area contributed by atoms with Crippen molar-refractivity contribution in [2.24, 2.45) is 17.6 Å². The van der Waals surface area contributed by atoms with Crippen LogP contribution in [0.15, 0.2) is 28.7 Å². The molecule has 5 nitrogen and oxygen atoms in total. The van der Waals surface area contributed by atoms with E-state index in [2.05, 4.69) is 15.9 Å². The first kappa shape index (κ1) is 15.5. The van der Waals surface area contributed by atoms with E-state index in [1.54, 1.807) is 4.90 Å². The van der Waals surface area contributed by atoms with Crippen LogP contribution in [0.1, 0.15) is 12.8 Å². The second kappa shape index (κ2) is 6.38. The van der Waals surface area contributed by atoms with Gasteiger partial charge in [-0.15, -0.1) is 0 Å². The van der Waals surface area contributed by atoms with E-state index < -0.39 is 5.92 Å². The number of nitrogens with zero attached hydrogens (tertiary/aromatic N) is 2. The van der Waals surface area contributed by atoms with Gasteiger partial charge < -0.3 is 15.5 Å². The Labute approximate surface area is 138 Å².